The molecule has 1 aliphatic rings. The number of β-amino-alcohol motifs (C(OH)–C–C–N with tert-alkyl or cyclic N) is 1. The summed E-state index contributed by atoms with van der Waals surface area (Å²) in [6, 6.07) is 1.86. The van der Waals surface area contributed by atoms with Gasteiger partial charge in [0.05, 0.1) is 17.7 Å². The van der Waals surface area contributed by atoms with E-state index in [2.05, 4.69) is 14.9 Å². The van der Waals surface area contributed by atoms with Crippen molar-refractivity contribution in [3.63, 3.8) is 0 Å². The first-order valence-electron chi connectivity index (χ1n) is 6.01. The van der Waals surface area contributed by atoms with Crippen molar-refractivity contribution in [2.45, 2.75) is 25.5 Å². The van der Waals surface area contributed by atoms with Crippen LogP contribution in [0.25, 0.3) is 10.2 Å². The van der Waals surface area contributed by atoms with Crippen molar-refractivity contribution in [2.75, 3.05) is 13.1 Å². The van der Waals surface area contributed by atoms with Crippen molar-refractivity contribution in [2.24, 2.45) is 0 Å². The van der Waals surface area contributed by atoms with Gasteiger partial charge < -0.3 is 10.1 Å². The Hall–Kier alpha value is -1.24. The van der Waals surface area contributed by atoms with E-state index in [1.54, 1.807) is 0 Å². The summed E-state index contributed by atoms with van der Waals surface area (Å²) in [6.07, 6.45) is 0.761. The summed E-state index contributed by atoms with van der Waals surface area (Å²) in [5.74, 6) is 0.670. The van der Waals surface area contributed by atoms with Crippen LogP contribution in [0, 0.1) is 0 Å². The van der Waals surface area contributed by atoms with E-state index in [4.69, 9.17) is 0 Å². The van der Waals surface area contributed by atoms with Gasteiger partial charge in [-0.05, 0) is 17.9 Å². The molecule has 3 rings (SSSR count). The lowest BCUT2D eigenvalue weighted by Gasteiger charge is -2.45. The molecule has 1 fully saturated rings. The van der Waals surface area contributed by atoms with Crippen molar-refractivity contribution in [1.29, 1.82) is 0 Å². The van der Waals surface area contributed by atoms with Crippen molar-refractivity contribution in [3.05, 3.63) is 27.6 Å². The average molecular weight is 265 g/mol. The molecule has 0 aromatic carbocycles. The Balaban J connectivity index is 1.78. The first-order valence-corrected chi connectivity index (χ1v) is 6.89. The summed E-state index contributed by atoms with van der Waals surface area (Å²) >= 11 is 1.40. The molecule has 6 heteroatoms. The number of H-pyrrole nitrogens is 1. The van der Waals surface area contributed by atoms with Gasteiger partial charge >= 0.3 is 0 Å². The van der Waals surface area contributed by atoms with Crippen molar-refractivity contribution < 1.29 is 5.11 Å². The van der Waals surface area contributed by atoms with Crippen molar-refractivity contribution >= 4 is 21.6 Å². The molecule has 1 aliphatic heterocycles. The molecule has 0 bridgehead atoms. The maximum Gasteiger partial charge on any atom is 0.268 e. The van der Waals surface area contributed by atoms with Crippen LogP contribution in [0.15, 0.2) is 16.2 Å². The van der Waals surface area contributed by atoms with E-state index in [-0.39, 0.29) is 5.56 Å². The molecule has 2 aromatic heterocycles. The molecule has 0 unspecified atom stereocenters. The Labute approximate surface area is 108 Å². The third-order valence-corrected chi connectivity index (χ3v) is 4.33. The highest BCUT2D eigenvalue weighted by atomic mass is 32.1. The van der Waals surface area contributed by atoms with Crippen LogP contribution in [-0.2, 0) is 6.54 Å². The maximum atomic E-state index is 11.8. The number of hydrogen-bond donors (Lipinski definition) is 2. The standard InChI is InChI=1S/C12H15N3O2S/c1-2-12(17)6-15(7-12)5-9-13-8-3-4-18-10(8)11(16)14-9/h3-4,17H,2,5-7H2,1H3,(H,13,14,16). The second kappa shape index (κ2) is 4.15. The summed E-state index contributed by atoms with van der Waals surface area (Å²) in [7, 11) is 0. The topological polar surface area (TPSA) is 69.2 Å². The molecule has 0 spiro atoms. The highest BCUT2D eigenvalue weighted by Crippen LogP contribution is 2.25. The SMILES string of the molecule is CCC1(O)CN(Cc2nc3ccsc3c(=O)[nH]2)C1. The van der Waals surface area contributed by atoms with E-state index < -0.39 is 5.60 Å². The fraction of sp³-hybridized carbons (Fsp3) is 0.500. The molecular weight excluding hydrogens is 250 g/mol. The normalized spacial score (nSPS) is 19.0. The van der Waals surface area contributed by atoms with Gasteiger partial charge in [-0.1, -0.05) is 6.92 Å². The monoisotopic (exact) mass is 265 g/mol. The molecule has 0 atom stereocenters. The minimum absolute atomic E-state index is 0.0729. The van der Waals surface area contributed by atoms with Crippen LogP contribution < -0.4 is 5.56 Å². The molecule has 2 aromatic rings. The lowest BCUT2D eigenvalue weighted by Crippen LogP contribution is -2.60. The van der Waals surface area contributed by atoms with Crippen LogP contribution in [0.3, 0.4) is 0 Å². The molecule has 2 N–H and O–H groups in total. The van der Waals surface area contributed by atoms with Crippen molar-refractivity contribution in [3.8, 4) is 0 Å². The number of nitrogens with one attached hydrogen (secondary N) is 1. The second-order valence-corrected chi connectivity index (χ2v) is 5.79. The molecule has 5 nitrogen and oxygen atoms in total. The van der Waals surface area contributed by atoms with Gasteiger partial charge in [0.25, 0.3) is 5.56 Å². The number of nitrogens with zero attached hydrogens (tertiary/aromatic N) is 2. The Morgan fingerprint density at radius 1 is 1.61 bits per heavy atom. The van der Waals surface area contributed by atoms with Crippen LogP contribution in [0.1, 0.15) is 19.2 Å². The predicted octanol–water partition coefficient (Wildman–Crippen LogP) is 0.941. The minimum atomic E-state index is -0.549. The zero-order valence-electron chi connectivity index (χ0n) is 10.1. The highest BCUT2D eigenvalue weighted by Gasteiger charge is 2.39. The largest absolute Gasteiger partial charge is 0.387 e. The van der Waals surface area contributed by atoms with Gasteiger partial charge in [-0.2, -0.15) is 0 Å². The summed E-state index contributed by atoms with van der Waals surface area (Å²) in [5, 5.41) is 11.8. The Bertz CT molecular complexity index is 628. The van der Waals surface area contributed by atoms with Gasteiger partial charge in [0.15, 0.2) is 0 Å². The predicted molar refractivity (Wildman–Crippen MR) is 70.8 cm³/mol. The smallest absolute Gasteiger partial charge is 0.268 e. The average Bonchev–Trinajstić information content (AvgIpc) is 2.75. The summed E-state index contributed by atoms with van der Waals surface area (Å²) in [6.45, 7) is 3.86. The van der Waals surface area contributed by atoms with E-state index in [0.29, 0.717) is 30.2 Å². The van der Waals surface area contributed by atoms with Crippen LogP contribution in [0.2, 0.25) is 0 Å². The number of aromatic amines is 1. The molecule has 3 heterocycles. The van der Waals surface area contributed by atoms with E-state index in [1.807, 2.05) is 18.4 Å². The van der Waals surface area contributed by atoms with Gasteiger partial charge in [0.2, 0.25) is 0 Å². The molecule has 0 saturated carbocycles. The molecule has 1 saturated heterocycles. The molecule has 0 amide bonds. The van der Waals surface area contributed by atoms with Gasteiger partial charge in [-0.15, -0.1) is 11.3 Å². The number of fused-ring (bicyclic) bond motifs is 1. The quantitative estimate of drug-likeness (QED) is 0.866. The zero-order valence-corrected chi connectivity index (χ0v) is 11.0. The molecule has 18 heavy (non-hydrogen) atoms. The van der Waals surface area contributed by atoms with Crippen LogP contribution in [0.5, 0.6) is 0 Å². The number of thiophene rings is 1. The van der Waals surface area contributed by atoms with Gasteiger partial charge in [-0.3, -0.25) is 9.69 Å². The third kappa shape index (κ3) is 1.96. The molecule has 0 radical (unpaired) electrons. The lowest BCUT2D eigenvalue weighted by atomic mass is 9.91. The fourth-order valence-electron chi connectivity index (χ4n) is 2.33. The van der Waals surface area contributed by atoms with E-state index in [0.717, 1.165) is 11.9 Å². The first-order chi connectivity index (χ1) is 8.59. The van der Waals surface area contributed by atoms with E-state index in [9.17, 15) is 9.90 Å². The third-order valence-electron chi connectivity index (χ3n) is 3.43. The number of aromatic nitrogens is 2. The summed E-state index contributed by atoms with van der Waals surface area (Å²) in [5.41, 5.74) is 0.133. The van der Waals surface area contributed by atoms with Crippen molar-refractivity contribution in [1.82, 2.24) is 14.9 Å². The number of rotatable bonds is 3. The van der Waals surface area contributed by atoms with Crippen LogP contribution >= 0.6 is 11.3 Å². The van der Waals surface area contributed by atoms with Gasteiger partial charge in [0, 0.05) is 13.1 Å². The van der Waals surface area contributed by atoms with E-state index >= 15 is 0 Å². The number of likely N-dealkylation sites (tertiary alicyclic amines) is 1. The first kappa shape index (κ1) is 11.8. The molecule has 96 valence electrons. The highest BCUT2D eigenvalue weighted by molar-refractivity contribution is 7.17. The van der Waals surface area contributed by atoms with Crippen LogP contribution in [-0.4, -0.2) is 38.7 Å². The Morgan fingerprint density at radius 3 is 3.11 bits per heavy atom. The van der Waals surface area contributed by atoms with Gasteiger partial charge in [0.1, 0.15) is 10.5 Å². The molecule has 0 aliphatic carbocycles. The van der Waals surface area contributed by atoms with E-state index in [1.165, 1.54) is 11.3 Å². The Kier molecular flexibility index (Phi) is 2.73. The lowest BCUT2D eigenvalue weighted by molar-refractivity contribution is -0.104. The second-order valence-electron chi connectivity index (χ2n) is 4.87. The number of aliphatic hydroxyl groups is 1. The Morgan fingerprint density at radius 2 is 2.39 bits per heavy atom. The summed E-state index contributed by atoms with van der Waals surface area (Å²) in [4.78, 5) is 21.1. The summed E-state index contributed by atoms with van der Waals surface area (Å²) < 4.78 is 0.674. The number of hydrogen-bond acceptors (Lipinski definition) is 5. The van der Waals surface area contributed by atoms with Gasteiger partial charge in [-0.25, -0.2) is 4.98 Å². The maximum absolute atomic E-state index is 11.8. The minimum Gasteiger partial charge on any atom is -0.387 e. The molecular formula is C12H15N3O2S. The fourth-order valence-corrected chi connectivity index (χ4v) is 3.06. The van der Waals surface area contributed by atoms with Crippen LogP contribution in [0.4, 0.5) is 0 Å². The zero-order chi connectivity index (χ0) is 12.8.